The minimum Gasteiger partial charge on any atom is -0.321 e. The summed E-state index contributed by atoms with van der Waals surface area (Å²) in [6, 6.07) is 25.9. The summed E-state index contributed by atoms with van der Waals surface area (Å²) in [5.41, 5.74) is 3.99. The van der Waals surface area contributed by atoms with Crippen molar-refractivity contribution in [2.75, 3.05) is 0 Å². The van der Waals surface area contributed by atoms with Crippen LogP contribution < -0.4 is 5.56 Å². The molecule has 3 heteroatoms. The molecule has 0 unspecified atom stereocenters. The van der Waals surface area contributed by atoms with Gasteiger partial charge in [-0.15, -0.1) is 0 Å². The molecule has 0 fully saturated rings. The SMILES string of the molecule is Cc1ccccc1-c1cc(-c2ccc3ccccc3c2)[nH]c(=O)c1C#N. The zero-order valence-electron chi connectivity index (χ0n) is 14.3. The lowest BCUT2D eigenvalue weighted by atomic mass is 9.95. The van der Waals surface area contributed by atoms with Gasteiger partial charge in [-0.1, -0.05) is 60.7 Å². The first kappa shape index (κ1) is 15.9. The number of aryl methyl sites for hydroxylation is 1. The highest BCUT2D eigenvalue weighted by atomic mass is 16.1. The zero-order chi connectivity index (χ0) is 18.1. The van der Waals surface area contributed by atoms with Crippen molar-refractivity contribution in [1.82, 2.24) is 4.98 Å². The van der Waals surface area contributed by atoms with Gasteiger partial charge in [0.15, 0.2) is 0 Å². The molecular formula is C23H16N2O. The molecule has 0 atom stereocenters. The summed E-state index contributed by atoms with van der Waals surface area (Å²) in [5.74, 6) is 0. The molecule has 3 aromatic carbocycles. The molecule has 0 bridgehead atoms. The number of pyridine rings is 1. The normalized spacial score (nSPS) is 10.6. The molecule has 4 rings (SSSR count). The van der Waals surface area contributed by atoms with Gasteiger partial charge >= 0.3 is 0 Å². The molecule has 0 aliphatic carbocycles. The summed E-state index contributed by atoms with van der Waals surface area (Å²) >= 11 is 0. The van der Waals surface area contributed by atoms with Crippen molar-refractivity contribution in [3.8, 4) is 28.5 Å². The Morgan fingerprint density at radius 3 is 2.35 bits per heavy atom. The van der Waals surface area contributed by atoms with Gasteiger partial charge < -0.3 is 4.98 Å². The maximum absolute atomic E-state index is 12.5. The second kappa shape index (κ2) is 6.34. The molecule has 0 spiro atoms. The van der Waals surface area contributed by atoms with Gasteiger partial charge in [-0.2, -0.15) is 5.26 Å². The average molecular weight is 336 g/mol. The van der Waals surface area contributed by atoms with E-state index in [1.54, 1.807) is 0 Å². The maximum atomic E-state index is 12.5. The number of fused-ring (bicyclic) bond motifs is 1. The predicted octanol–water partition coefficient (Wildman–Crippen LogP) is 5.04. The summed E-state index contributed by atoms with van der Waals surface area (Å²) in [5, 5.41) is 11.7. The van der Waals surface area contributed by atoms with E-state index in [4.69, 9.17) is 0 Å². The predicted molar refractivity (Wildman–Crippen MR) is 105 cm³/mol. The third-order valence-corrected chi connectivity index (χ3v) is 4.64. The van der Waals surface area contributed by atoms with Gasteiger partial charge in [0.25, 0.3) is 5.56 Å². The smallest absolute Gasteiger partial charge is 0.266 e. The van der Waals surface area contributed by atoms with Crippen molar-refractivity contribution in [2.45, 2.75) is 6.92 Å². The molecule has 1 N–H and O–H groups in total. The minimum absolute atomic E-state index is 0.142. The zero-order valence-corrected chi connectivity index (χ0v) is 14.3. The molecule has 0 amide bonds. The quantitative estimate of drug-likeness (QED) is 0.557. The van der Waals surface area contributed by atoms with Crippen LogP contribution in [0.4, 0.5) is 0 Å². The van der Waals surface area contributed by atoms with Crippen LogP contribution in [0.3, 0.4) is 0 Å². The van der Waals surface area contributed by atoms with Crippen LogP contribution in [0.1, 0.15) is 11.1 Å². The summed E-state index contributed by atoms with van der Waals surface area (Å²) < 4.78 is 0. The minimum atomic E-state index is -0.364. The fourth-order valence-electron chi connectivity index (χ4n) is 3.27. The molecule has 4 aromatic rings. The van der Waals surface area contributed by atoms with Crippen LogP contribution in [-0.4, -0.2) is 4.98 Å². The Morgan fingerprint density at radius 1 is 0.846 bits per heavy atom. The monoisotopic (exact) mass is 336 g/mol. The van der Waals surface area contributed by atoms with E-state index in [0.717, 1.165) is 27.5 Å². The molecule has 0 saturated carbocycles. The van der Waals surface area contributed by atoms with Crippen LogP contribution in [-0.2, 0) is 0 Å². The summed E-state index contributed by atoms with van der Waals surface area (Å²) in [4.78, 5) is 15.4. The average Bonchev–Trinajstić information content (AvgIpc) is 2.67. The Balaban J connectivity index is 1.97. The Kier molecular flexibility index (Phi) is 3.87. The number of benzene rings is 3. The number of H-pyrrole nitrogens is 1. The number of hydrogen-bond donors (Lipinski definition) is 1. The molecule has 0 aliphatic heterocycles. The Hall–Kier alpha value is -3.64. The van der Waals surface area contributed by atoms with Crippen LogP contribution in [0.25, 0.3) is 33.2 Å². The van der Waals surface area contributed by atoms with Gasteiger partial charge in [-0.3, -0.25) is 4.79 Å². The highest BCUT2D eigenvalue weighted by Gasteiger charge is 2.14. The van der Waals surface area contributed by atoms with Gasteiger partial charge in [0.05, 0.1) is 0 Å². The van der Waals surface area contributed by atoms with E-state index in [-0.39, 0.29) is 11.1 Å². The van der Waals surface area contributed by atoms with Gasteiger partial charge in [0.1, 0.15) is 11.6 Å². The fourth-order valence-corrected chi connectivity index (χ4v) is 3.27. The number of nitriles is 1. The van der Waals surface area contributed by atoms with Gasteiger partial charge in [-0.25, -0.2) is 0 Å². The lowest BCUT2D eigenvalue weighted by Gasteiger charge is -2.11. The van der Waals surface area contributed by atoms with Crippen molar-refractivity contribution in [3.05, 3.63) is 94.3 Å². The van der Waals surface area contributed by atoms with E-state index in [1.165, 1.54) is 0 Å². The molecule has 0 saturated heterocycles. The van der Waals surface area contributed by atoms with E-state index in [9.17, 15) is 10.1 Å². The molecule has 0 radical (unpaired) electrons. The second-order valence-electron chi connectivity index (χ2n) is 6.29. The highest BCUT2D eigenvalue weighted by molar-refractivity contribution is 5.87. The first-order valence-corrected chi connectivity index (χ1v) is 8.40. The first-order chi connectivity index (χ1) is 12.7. The van der Waals surface area contributed by atoms with Gasteiger partial charge in [-0.05, 0) is 46.5 Å². The Labute approximate surface area is 151 Å². The van der Waals surface area contributed by atoms with Gasteiger partial charge in [0.2, 0.25) is 0 Å². The van der Waals surface area contributed by atoms with E-state index >= 15 is 0 Å². The van der Waals surface area contributed by atoms with Crippen molar-refractivity contribution in [2.24, 2.45) is 0 Å². The first-order valence-electron chi connectivity index (χ1n) is 8.40. The topological polar surface area (TPSA) is 56.6 Å². The van der Waals surface area contributed by atoms with Crippen molar-refractivity contribution < 1.29 is 0 Å². The number of nitrogens with zero attached hydrogens (tertiary/aromatic N) is 1. The fraction of sp³-hybridized carbons (Fsp3) is 0.0435. The van der Waals surface area contributed by atoms with Crippen LogP contribution in [0, 0.1) is 18.3 Å². The van der Waals surface area contributed by atoms with Gasteiger partial charge in [0, 0.05) is 11.3 Å². The van der Waals surface area contributed by atoms with Crippen molar-refractivity contribution >= 4 is 10.8 Å². The number of rotatable bonds is 2. The lowest BCUT2D eigenvalue weighted by molar-refractivity contribution is 1.22. The van der Waals surface area contributed by atoms with Crippen LogP contribution >= 0.6 is 0 Å². The summed E-state index contributed by atoms with van der Waals surface area (Å²) in [7, 11) is 0. The maximum Gasteiger partial charge on any atom is 0.266 e. The molecule has 26 heavy (non-hydrogen) atoms. The lowest BCUT2D eigenvalue weighted by Crippen LogP contribution is -2.13. The standard InChI is InChI=1S/C23H16N2O/c1-15-6-2-5-9-19(15)20-13-22(25-23(26)21(20)14-24)18-11-10-16-7-3-4-8-17(16)12-18/h2-13H,1H3,(H,25,26). The summed E-state index contributed by atoms with van der Waals surface area (Å²) in [6.07, 6.45) is 0. The van der Waals surface area contributed by atoms with E-state index in [0.29, 0.717) is 11.3 Å². The highest BCUT2D eigenvalue weighted by Crippen LogP contribution is 2.29. The van der Waals surface area contributed by atoms with Crippen molar-refractivity contribution in [1.29, 1.82) is 5.26 Å². The molecule has 0 aliphatic rings. The molecule has 1 heterocycles. The second-order valence-corrected chi connectivity index (χ2v) is 6.29. The van der Waals surface area contributed by atoms with Crippen LogP contribution in [0.15, 0.2) is 77.6 Å². The third-order valence-electron chi connectivity index (χ3n) is 4.64. The summed E-state index contributed by atoms with van der Waals surface area (Å²) in [6.45, 7) is 1.98. The molecule has 1 aromatic heterocycles. The molecular weight excluding hydrogens is 320 g/mol. The van der Waals surface area contributed by atoms with E-state index in [2.05, 4.69) is 17.1 Å². The third kappa shape index (κ3) is 2.68. The number of nitrogens with one attached hydrogen (secondary N) is 1. The number of aromatic amines is 1. The number of aromatic nitrogens is 1. The van der Waals surface area contributed by atoms with Crippen molar-refractivity contribution in [3.63, 3.8) is 0 Å². The largest absolute Gasteiger partial charge is 0.321 e. The van der Waals surface area contributed by atoms with Crippen LogP contribution in [0.5, 0.6) is 0 Å². The Bertz CT molecular complexity index is 1230. The van der Waals surface area contributed by atoms with E-state index in [1.807, 2.05) is 73.7 Å². The number of hydrogen-bond acceptors (Lipinski definition) is 2. The van der Waals surface area contributed by atoms with E-state index < -0.39 is 0 Å². The molecule has 124 valence electrons. The molecule has 3 nitrogen and oxygen atoms in total. The van der Waals surface area contributed by atoms with Crippen LogP contribution in [0.2, 0.25) is 0 Å². The Morgan fingerprint density at radius 2 is 1.58 bits per heavy atom.